The molecule has 0 aliphatic rings. The van der Waals surface area contributed by atoms with Crippen molar-refractivity contribution < 1.29 is 9.15 Å². The number of guanidine groups is 1. The summed E-state index contributed by atoms with van der Waals surface area (Å²) in [5.41, 5.74) is 3.80. The van der Waals surface area contributed by atoms with Gasteiger partial charge in [0.2, 0.25) is 0 Å². The molecule has 3 rings (SSSR count). The van der Waals surface area contributed by atoms with Crippen LogP contribution in [-0.2, 0) is 26.1 Å². The fraction of sp³-hybridized carbons (Fsp3) is 0.320. The van der Waals surface area contributed by atoms with Gasteiger partial charge in [0.15, 0.2) is 5.96 Å². The lowest BCUT2D eigenvalue weighted by Crippen LogP contribution is -2.38. The van der Waals surface area contributed by atoms with E-state index < -0.39 is 0 Å². The summed E-state index contributed by atoms with van der Waals surface area (Å²) in [6.07, 6.45) is 2.63. The molecular weight excluding hydrogens is 388 g/mol. The Morgan fingerprint density at radius 2 is 1.74 bits per heavy atom. The first kappa shape index (κ1) is 22.4. The van der Waals surface area contributed by atoms with Gasteiger partial charge in [-0.05, 0) is 54.4 Å². The van der Waals surface area contributed by atoms with Crippen LogP contribution in [0.5, 0.6) is 5.75 Å². The molecule has 0 amide bonds. The Bertz CT molecular complexity index is 936. The molecule has 0 unspecified atom stereocenters. The molecule has 0 radical (unpaired) electrons. The average Bonchev–Trinajstić information content (AvgIpc) is 3.30. The molecule has 2 N–H and O–H groups in total. The van der Waals surface area contributed by atoms with Crippen LogP contribution in [0.1, 0.15) is 22.5 Å². The molecule has 31 heavy (non-hydrogen) atoms. The molecule has 0 aliphatic heterocycles. The van der Waals surface area contributed by atoms with E-state index in [9.17, 15) is 0 Å². The van der Waals surface area contributed by atoms with Gasteiger partial charge in [-0.1, -0.05) is 36.4 Å². The lowest BCUT2D eigenvalue weighted by molar-refractivity contribution is 0.287. The molecule has 0 fully saturated rings. The predicted octanol–water partition coefficient (Wildman–Crippen LogP) is 3.83. The standard InChI is InChI=1S/C25H32N4O2/c1-26-25(27-15-14-20-10-12-23(30-3)13-11-20)28-17-21-7-4-5-8-22(21)18-29(2)19-24-9-6-16-31-24/h4-13,16H,14-15,17-19H2,1-3H3,(H2,26,27,28). The minimum absolute atomic E-state index is 0.715. The number of rotatable bonds is 10. The van der Waals surface area contributed by atoms with Crippen LogP contribution >= 0.6 is 0 Å². The molecule has 0 aliphatic carbocycles. The van der Waals surface area contributed by atoms with Crippen molar-refractivity contribution in [1.82, 2.24) is 15.5 Å². The number of furan rings is 1. The first-order valence-electron chi connectivity index (χ1n) is 10.5. The lowest BCUT2D eigenvalue weighted by atomic mass is 10.1. The van der Waals surface area contributed by atoms with Crippen LogP contribution in [0.4, 0.5) is 0 Å². The maximum Gasteiger partial charge on any atom is 0.191 e. The third-order valence-corrected chi connectivity index (χ3v) is 5.10. The van der Waals surface area contributed by atoms with Crippen molar-refractivity contribution in [2.45, 2.75) is 26.1 Å². The van der Waals surface area contributed by atoms with Crippen molar-refractivity contribution in [3.8, 4) is 5.75 Å². The van der Waals surface area contributed by atoms with Gasteiger partial charge in [-0.2, -0.15) is 0 Å². The van der Waals surface area contributed by atoms with Crippen molar-refractivity contribution in [1.29, 1.82) is 0 Å². The highest BCUT2D eigenvalue weighted by atomic mass is 16.5. The molecule has 0 spiro atoms. The first-order valence-corrected chi connectivity index (χ1v) is 10.5. The number of aliphatic imine (C=N–C) groups is 1. The highest BCUT2D eigenvalue weighted by molar-refractivity contribution is 5.79. The van der Waals surface area contributed by atoms with Gasteiger partial charge in [0, 0.05) is 26.7 Å². The van der Waals surface area contributed by atoms with Gasteiger partial charge in [-0.15, -0.1) is 0 Å². The second-order valence-electron chi connectivity index (χ2n) is 7.47. The van der Waals surface area contributed by atoms with Crippen molar-refractivity contribution in [2.75, 3.05) is 27.7 Å². The number of hydrogen-bond donors (Lipinski definition) is 2. The Morgan fingerprint density at radius 1 is 0.968 bits per heavy atom. The predicted molar refractivity (Wildman–Crippen MR) is 125 cm³/mol. The van der Waals surface area contributed by atoms with Gasteiger partial charge in [-0.25, -0.2) is 0 Å². The highest BCUT2D eigenvalue weighted by Crippen LogP contribution is 2.14. The Hall–Kier alpha value is -3.25. The van der Waals surface area contributed by atoms with Gasteiger partial charge >= 0.3 is 0 Å². The van der Waals surface area contributed by atoms with Gasteiger partial charge in [0.05, 0.1) is 19.9 Å². The third-order valence-electron chi connectivity index (χ3n) is 5.10. The Labute approximate surface area is 184 Å². The normalized spacial score (nSPS) is 11.5. The monoisotopic (exact) mass is 420 g/mol. The van der Waals surface area contributed by atoms with E-state index in [0.717, 1.165) is 43.5 Å². The van der Waals surface area contributed by atoms with Gasteiger partial charge in [-0.3, -0.25) is 9.89 Å². The zero-order chi connectivity index (χ0) is 21.9. The first-order chi connectivity index (χ1) is 15.2. The zero-order valence-corrected chi connectivity index (χ0v) is 18.6. The highest BCUT2D eigenvalue weighted by Gasteiger charge is 2.08. The lowest BCUT2D eigenvalue weighted by Gasteiger charge is -2.19. The minimum Gasteiger partial charge on any atom is -0.497 e. The zero-order valence-electron chi connectivity index (χ0n) is 18.6. The number of benzene rings is 2. The van der Waals surface area contributed by atoms with Crippen LogP contribution in [0.2, 0.25) is 0 Å². The van der Waals surface area contributed by atoms with Crippen LogP contribution in [0.25, 0.3) is 0 Å². The quantitative estimate of drug-likeness (QED) is 0.386. The number of nitrogens with one attached hydrogen (secondary N) is 2. The van der Waals surface area contributed by atoms with E-state index in [4.69, 9.17) is 9.15 Å². The van der Waals surface area contributed by atoms with Crippen LogP contribution in [0.15, 0.2) is 76.3 Å². The smallest absolute Gasteiger partial charge is 0.191 e. The van der Waals surface area contributed by atoms with E-state index in [0.29, 0.717) is 6.54 Å². The summed E-state index contributed by atoms with van der Waals surface area (Å²) in [5, 5.41) is 6.82. The van der Waals surface area contributed by atoms with E-state index in [1.165, 1.54) is 16.7 Å². The van der Waals surface area contributed by atoms with Crippen molar-refractivity contribution in [3.05, 3.63) is 89.4 Å². The Kier molecular flexibility index (Phi) is 8.55. The van der Waals surface area contributed by atoms with E-state index in [1.54, 1.807) is 20.4 Å². The summed E-state index contributed by atoms with van der Waals surface area (Å²) < 4.78 is 10.7. The van der Waals surface area contributed by atoms with E-state index in [-0.39, 0.29) is 0 Å². The molecule has 0 saturated carbocycles. The Balaban J connectivity index is 1.48. The molecule has 6 nitrogen and oxygen atoms in total. The van der Waals surface area contributed by atoms with Gasteiger partial charge in [0.25, 0.3) is 0 Å². The summed E-state index contributed by atoms with van der Waals surface area (Å²) in [4.78, 5) is 6.60. The van der Waals surface area contributed by atoms with Gasteiger partial charge < -0.3 is 19.8 Å². The summed E-state index contributed by atoms with van der Waals surface area (Å²) in [7, 11) is 5.58. The molecule has 3 aromatic rings. The molecule has 6 heteroatoms. The second-order valence-corrected chi connectivity index (χ2v) is 7.47. The van der Waals surface area contributed by atoms with E-state index in [1.807, 2.05) is 24.3 Å². The molecule has 0 atom stereocenters. The number of methoxy groups -OCH3 is 1. The summed E-state index contributed by atoms with van der Waals surface area (Å²) >= 11 is 0. The molecular formula is C25H32N4O2. The third kappa shape index (κ3) is 7.19. The van der Waals surface area contributed by atoms with Crippen molar-refractivity contribution >= 4 is 5.96 Å². The fourth-order valence-electron chi connectivity index (χ4n) is 3.42. The number of nitrogens with zero attached hydrogens (tertiary/aromatic N) is 2. The van der Waals surface area contributed by atoms with E-state index in [2.05, 4.69) is 64.0 Å². The van der Waals surface area contributed by atoms with E-state index >= 15 is 0 Å². The number of ether oxygens (including phenoxy) is 1. The molecule has 1 heterocycles. The molecule has 0 saturated heterocycles. The van der Waals surface area contributed by atoms with Gasteiger partial charge in [0.1, 0.15) is 11.5 Å². The minimum atomic E-state index is 0.715. The maximum atomic E-state index is 5.46. The maximum absolute atomic E-state index is 5.46. The average molecular weight is 421 g/mol. The SMILES string of the molecule is CN=C(NCCc1ccc(OC)cc1)NCc1ccccc1CN(C)Cc1ccco1. The molecule has 164 valence electrons. The molecule has 2 aromatic carbocycles. The summed E-state index contributed by atoms with van der Waals surface area (Å²) in [6, 6.07) is 20.6. The van der Waals surface area contributed by atoms with Crippen LogP contribution in [-0.4, -0.2) is 38.6 Å². The fourth-order valence-corrected chi connectivity index (χ4v) is 3.42. The topological polar surface area (TPSA) is 62.0 Å². The molecule has 1 aromatic heterocycles. The van der Waals surface area contributed by atoms with Crippen molar-refractivity contribution in [3.63, 3.8) is 0 Å². The Morgan fingerprint density at radius 3 is 2.42 bits per heavy atom. The largest absolute Gasteiger partial charge is 0.497 e. The van der Waals surface area contributed by atoms with Crippen LogP contribution < -0.4 is 15.4 Å². The van der Waals surface area contributed by atoms with Crippen LogP contribution in [0, 0.1) is 0 Å². The van der Waals surface area contributed by atoms with Crippen molar-refractivity contribution in [2.24, 2.45) is 4.99 Å². The summed E-state index contributed by atoms with van der Waals surface area (Å²) in [6.45, 7) is 3.15. The van der Waals surface area contributed by atoms with Crippen LogP contribution in [0.3, 0.4) is 0 Å². The summed E-state index contributed by atoms with van der Waals surface area (Å²) in [5.74, 6) is 2.65. The second kappa shape index (κ2) is 11.8. The number of hydrogen-bond acceptors (Lipinski definition) is 4. The molecule has 0 bridgehead atoms.